The maximum absolute atomic E-state index is 12.3. The zero-order valence-corrected chi connectivity index (χ0v) is 17.4. The lowest BCUT2D eigenvalue weighted by molar-refractivity contribution is -0.131. The summed E-state index contributed by atoms with van der Waals surface area (Å²) in [6, 6.07) is 11.8. The molecule has 0 amide bonds. The van der Waals surface area contributed by atoms with E-state index in [-0.39, 0.29) is 12.2 Å². The van der Waals surface area contributed by atoms with Crippen LogP contribution in [-0.2, 0) is 17.6 Å². The van der Waals surface area contributed by atoms with Gasteiger partial charge in [0, 0.05) is 17.0 Å². The van der Waals surface area contributed by atoms with Gasteiger partial charge in [-0.05, 0) is 66.6 Å². The SMILES string of the molecule is O=C(O)/C=C\c1ccc(OCC(O)C(O)c2cccc3oc(=O)c4c(c23)CCCC4)cc1. The molecule has 7 heteroatoms. The lowest BCUT2D eigenvalue weighted by Crippen LogP contribution is -2.26. The summed E-state index contributed by atoms with van der Waals surface area (Å²) in [7, 11) is 0. The summed E-state index contributed by atoms with van der Waals surface area (Å²) in [4.78, 5) is 22.9. The van der Waals surface area contributed by atoms with Gasteiger partial charge in [0.1, 0.15) is 30.1 Å². The van der Waals surface area contributed by atoms with Crippen LogP contribution in [-0.4, -0.2) is 34.0 Å². The number of aliphatic carboxylic acids is 1. The molecule has 0 aliphatic heterocycles. The molecule has 2 aromatic carbocycles. The van der Waals surface area contributed by atoms with Gasteiger partial charge >= 0.3 is 11.6 Å². The standard InChI is InChI=1S/C25H24O7/c26-20(14-31-16-11-8-15(9-12-16)10-13-22(27)28)24(29)19-6-3-7-21-23(19)17-4-1-2-5-18(17)25(30)32-21/h3,6-13,20,24,26,29H,1-2,4-5,14H2,(H,27,28)/b13-10-. The van der Waals surface area contributed by atoms with Crippen LogP contribution in [0.5, 0.6) is 5.75 Å². The molecule has 166 valence electrons. The Balaban J connectivity index is 1.52. The minimum Gasteiger partial charge on any atom is -0.491 e. The molecule has 0 saturated heterocycles. The molecule has 0 radical (unpaired) electrons. The molecule has 1 aliphatic carbocycles. The second-order valence-corrected chi connectivity index (χ2v) is 7.84. The Morgan fingerprint density at radius 1 is 1.06 bits per heavy atom. The number of hydrogen-bond donors (Lipinski definition) is 3. The molecule has 2 atom stereocenters. The second kappa shape index (κ2) is 9.38. The molecule has 0 saturated carbocycles. The Hall–Kier alpha value is -3.42. The van der Waals surface area contributed by atoms with E-state index in [0.717, 1.165) is 30.9 Å². The lowest BCUT2D eigenvalue weighted by atomic mass is 9.87. The van der Waals surface area contributed by atoms with Gasteiger partial charge in [-0.15, -0.1) is 0 Å². The Labute approximate surface area is 184 Å². The first-order valence-corrected chi connectivity index (χ1v) is 10.5. The molecular weight excluding hydrogens is 412 g/mol. The molecule has 3 N–H and O–H groups in total. The van der Waals surface area contributed by atoms with E-state index in [2.05, 4.69) is 0 Å². The fourth-order valence-electron chi connectivity index (χ4n) is 4.09. The highest BCUT2D eigenvalue weighted by molar-refractivity contribution is 5.86. The second-order valence-electron chi connectivity index (χ2n) is 7.84. The van der Waals surface area contributed by atoms with Crippen LogP contribution in [0.1, 0.15) is 41.2 Å². The predicted octanol–water partition coefficient (Wildman–Crippen LogP) is 3.24. The largest absolute Gasteiger partial charge is 0.491 e. The molecule has 1 aliphatic rings. The highest BCUT2D eigenvalue weighted by atomic mass is 16.5. The van der Waals surface area contributed by atoms with Crippen molar-refractivity contribution in [2.24, 2.45) is 0 Å². The van der Waals surface area contributed by atoms with Crippen molar-refractivity contribution in [1.82, 2.24) is 0 Å². The van der Waals surface area contributed by atoms with Gasteiger partial charge in [-0.25, -0.2) is 9.59 Å². The topological polar surface area (TPSA) is 117 Å². The minimum absolute atomic E-state index is 0.152. The number of hydrogen-bond acceptors (Lipinski definition) is 6. The van der Waals surface area contributed by atoms with Crippen LogP contribution in [0.3, 0.4) is 0 Å². The van der Waals surface area contributed by atoms with Crippen LogP contribution >= 0.6 is 0 Å². The molecule has 0 bridgehead atoms. The van der Waals surface area contributed by atoms with Crippen LogP contribution in [0.4, 0.5) is 0 Å². The van der Waals surface area contributed by atoms with Crippen LogP contribution < -0.4 is 10.4 Å². The van der Waals surface area contributed by atoms with Crippen molar-refractivity contribution < 1.29 is 29.3 Å². The van der Waals surface area contributed by atoms with Crippen molar-refractivity contribution in [3.63, 3.8) is 0 Å². The van der Waals surface area contributed by atoms with Crippen molar-refractivity contribution in [2.45, 2.75) is 37.9 Å². The van der Waals surface area contributed by atoms with E-state index in [1.807, 2.05) is 0 Å². The van der Waals surface area contributed by atoms with Crippen LogP contribution in [0.25, 0.3) is 17.0 Å². The third kappa shape index (κ3) is 4.59. The van der Waals surface area contributed by atoms with Gasteiger partial charge in [-0.3, -0.25) is 0 Å². The number of benzene rings is 2. The van der Waals surface area contributed by atoms with Crippen LogP contribution in [0.2, 0.25) is 0 Å². The number of aryl methyl sites for hydroxylation is 1. The molecule has 1 aromatic heterocycles. The van der Waals surface area contributed by atoms with E-state index in [9.17, 15) is 19.8 Å². The Kier molecular flexibility index (Phi) is 6.39. The number of aliphatic hydroxyl groups is 2. The van der Waals surface area contributed by atoms with Crippen LogP contribution in [0.15, 0.2) is 57.8 Å². The predicted molar refractivity (Wildman–Crippen MR) is 119 cm³/mol. The zero-order chi connectivity index (χ0) is 22.7. The van der Waals surface area contributed by atoms with Crippen molar-refractivity contribution in [3.05, 3.63) is 81.2 Å². The number of carboxylic acids is 1. The lowest BCUT2D eigenvalue weighted by Gasteiger charge is -2.23. The van der Waals surface area contributed by atoms with E-state index >= 15 is 0 Å². The van der Waals surface area contributed by atoms with Gasteiger partial charge in [0.25, 0.3) is 0 Å². The van der Waals surface area contributed by atoms with E-state index in [0.29, 0.717) is 39.8 Å². The molecule has 3 aromatic rings. The van der Waals surface area contributed by atoms with Gasteiger partial charge < -0.3 is 24.5 Å². The normalized spacial score (nSPS) is 15.4. The quantitative estimate of drug-likeness (QED) is 0.384. The van der Waals surface area contributed by atoms with E-state index < -0.39 is 18.2 Å². The van der Waals surface area contributed by atoms with E-state index in [1.165, 1.54) is 6.08 Å². The number of carbonyl (C=O) groups is 1. The molecule has 32 heavy (non-hydrogen) atoms. The molecular formula is C25H24O7. The highest BCUT2D eigenvalue weighted by Crippen LogP contribution is 2.33. The average molecular weight is 436 g/mol. The smallest absolute Gasteiger partial charge is 0.339 e. The van der Waals surface area contributed by atoms with Gasteiger partial charge in [-0.1, -0.05) is 24.3 Å². The maximum atomic E-state index is 12.3. The fourth-order valence-corrected chi connectivity index (χ4v) is 4.09. The molecule has 4 rings (SSSR count). The molecule has 7 nitrogen and oxygen atoms in total. The monoisotopic (exact) mass is 436 g/mol. The first-order valence-electron chi connectivity index (χ1n) is 10.5. The third-order valence-electron chi connectivity index (χ3n) is 5.68. The van der Waals surface area contributed by atoms with Gasteiger partial charge in [-0.2, -0.15) is 0 Å². The van der Waals surface area contributed by atoms with Crippen molar-refractivity contribution >= 4 is 23.0 Å². The first-order chi connectivity index (χ1) is 15.4. The summed E-state index contributed by atoms with van der Waals surface area (Å²) in [5, 5.41) is 30.9. The van der Waals surface area contributed by atoms with Gasteiger partial charge in [0.15, 0.2) is 0 Å². The van der Waals surface area contributed by atoms with E-state index in [1.54, 1.807) is 42.5 Å². The van der Waals surface area contributed by atoms with Gasteiger partial charge in [0.2, 0.25) is 0 Å². The molecule has 2 unspecified atom stereocenters. The number of carboxylic acid groups (broad SMARTS) is 1. The molecule has 0 fully saturated rings. The van der Waals surface area contributed by atoms with Crippen molar-refractivity contribution in [2.75, 3.05) is 6.61 Å². The van der Waals surface area contributed by atoms with Crippen molar-refractivity contribution in [3.8, 4) is 5.75 Å². The van der Waals surface area contributed by atoms with Crippen LogP contribution in [0, 0.1) is 0 Å². The van der Waals surface area contributed by atoms with Gasteiger partial charge in [0.05, 0.1) is 0 Å². The Morgan fingerprint density at radius 3 is 2.50 bits per heavy atom. The number of rotatable bonds is 7. The zero-order valence-electron chi connectivity index (χ0n) is 17.4. The third-order valence-corrected chi connectivity index (χ3v) is 5.68. The fraction of sp³-hybridized carbons (Fsp3) is 0.280. The highest BCUT2D eigenvalue weighted by Gasteiger charge is 2.26. The average Bonchev–Trinajstić information content (AvgIpc) is 2.81. The Morgan fingerprint density at radius 2 is 1.78 bits per heavy atom. The first kappa shape index (κ1) is 21.8. The summed E-state index contributed by atoms with van der Waals surface area (Å²) in [5.74, 6) is -0.554. The van der Waals surface area contributed by atoms with E-state index in [4.69, 9.17) is 14.3 Å². The Bertz CT molecular complexity index is 1210. The minimum atomic E-state index is -1.23. The number of fused-ring (bicyclic) bond motifs is 3. The number of aliphatic hydroxyl groups excluding tert-OH is 2. The molecule has 0 spiro atoms. The summed E-state index contributed by atoms with van der Waals surface area (Å²) >= 11 is 0. The summed E-state index contributed by atoms with van der Waals surface area (Å²) in [6.07, 6.45) is 3.34. The molecule has 1 heterocycles. The summed E-state index contributed by atoms with van der Waals surface area (Å²) in [6.45, 7) is -0.152. The maximum Gasteiger partial charge on any atom is 0.339 e. The van der Waals surface area contributed by atoms with Crippen molar-refractivity contribution in [1.29, 1.82) is 0 Å². The summed E-state index contributed by atoms with van der Waals surface area (Å²) < 4.78 is 11.1. The number of ether oxygens (including phenoxy) is 1. The summed E-state index contributed by atoms with van der Waals surface area (Å²) in [5.41, 5.74) is 2.84.